The van der Waals surface area contributed by atoms with Crippen LogP contribution in [0.25, 0.3) is 0 Å². The molecule has 0 spiro atoms. The van der Waals surface area contributed by atoms with Crippen LogP contribution in [0.4, 0.5) is 0 Å². The number of amides is 1. The topological polar surface area (TPSA) is 52.6 Å². The van der Waals surface area contributed by atoms with Crippen molar-refractivity contribution in [2.45, 2.75) is 38.1 Å². The summed E-state index contributed by atoms with van der Waals surface area (Å²) < 4.78 is 0. The fraction of sp³-hybridized carbons (Fsp3) is 0.909. The molecule has 88 valence electrons. The number of likely N-dealkylation sites (N-methyl/N-ethyl adjacent to an activating group) is 1. The van der Waals surface area contributed by atoms with E-state index in [1.165, 1.54) is 19.3 Å². The first-order chi connectivity index (χ1) is 7.22. The summed E-state index contributed by atoms with van der Waals surface area (Å²) in [6.07, 6.45) is 6.01. The van der Waals surface area contributed by atoms with Gasteiger partial charge in [0.25, 0.3) is 0 Å². The molecule has 0 unspecified atom stereocenters. The molecule has 0 atom stereocenters. The van der Waals surface area contributed by atoms with Gasteiger partial charge in [-0.15, -0.1) is 0 Å². The van der Waals surface area contributed by atoms with Crippen molar-refractivity contribution in [3.05, 3.63) is 0 Å². The van der Waals surface area contributed by atoms with Gasteiger partial charge >= 0.3 is 0 Å². The summed E-state index contributed by atoms with van der Waals surface area (Å²) in [5.41, 5.74) is 0. The van der Waals surface area contributed by atoms with Crippen LogP contribution in [-0.4, -0.2) is 48.7 Å². The zero-order valence-electron chi connectivity index (χ0n) is 9.54. The van der Waals surface area contributed by atoms with E-state index in [4.69, 9.17) is 5.11 Å². The van der Waals surface area contributed by atoms with Crippen molar-refractivity contribution < 1.29 is 9.90 Å². The Labute approximate surface area is 91.6 Å². The molecule has 1 amide bonds. The van der Waals surface area contributed by atoms with E-state index in [2.05, 4.69) is 5.32 Å². The van der Waals surface area contributed by atoms with Gasteiger partial charge in [0.1, 0.15) is 0 Å². The minimum atomic E-state index is 0.0813. The Morgan fingerprint density at radius 2 is 2.07 bits per heavy atom. The highest BCUT2D eigenvalue weighted by Gasteiger charge is 2.16. The van der Waals surface area contributed by atoms with Crippen molar-refractivity contribution in [2.24, 2.45) is 0 Å². The third-order valence-corrected chi connectivity index (χ3v) is 2.87. The molecule has 0 saturated heterocycles. The van der Waals surface area contributed by atoms with Gasteiger partial charge in [-0.25, -0.2) is 0 Å². The Bertz CT molecular complexity index is 191. The highest BCUT2D eigenvalue weighted by atomic mass is 16.3. The van der Waals surface area contributed by atoms with E-state index in [1.54, 1.807) is 0 Å². The van der Waals surface area contributed by atoms with Gasteiger partial charge in [0, 0.05) is 12.6 Å². The van der Waals surface area contributed by atoms with Crippen molar-refractivity contribution in [3.8, 4) is 0 Å². The Morgan fingerprint density at radius 1 is 1.40 bits per heavy atom. The van der Waals surface area contributed by atoms with Gasteiger partial charge in [-0.3, -0.25) is 9.69 Å². The van der Waals surface area contributed by atoms with E-state index < -0.39 is 0 Å². The number of hydrogen-bond donors (Lipinski definition) is 2. The molecule has 0 heterocycles. The molecule has 4 nitrogen and oxygen atoms in total. The average Bonchev–Trinajstić information content (AvgIpc) is 2.19. The van der Waals surface area contributed by atoms with Crippen molar-refractivity contribution in [1.82, 2.24) is 10.2 Å². The van der Waals surface area contributed by atoms with Crippen LogP contribution in [0.5, 0.6) is 0 Å². The molecule has 1 aliphatic rings. The SMILES string of the molecule is CN(CCO)CC(=O)NC1CCCCC1. The Morgan fingerprint density at radius 3 is 2.67 bits per heavy atom. The molecular formula is C11H22N2O2. The Kier molecular flexibility index (Phi) is 5.65. The van der Waals surface area contributed by atoms with Crippen LogP contribution < -0.4 is 5.32 Å². The molecule has 0 aromatic carbocycles. The molecule has 1 rings (SSSR count). The molecule has 1 fully saturated rings. The molecule has 0 radical (unpaired) electrons. The molecule has 0 bridgehead atoms. The summed E-state index contributed by atoms with van der Waals surface area (Å²) in [4.78, 5) is 13.4. The van der Waals surface area contributed by atoms with Crippen LogP contribution in [0, 0.1) is 0 Å². The van der Waals surface area contributed by atoms with Crippen LogP contribution in [0.1, 0.15) is 32.1 Å². The number of carbonyl (C=O) groups excluding carboxylic acids is 1. The van der Waals surface area contributed by atoms with Gasteiger partial charge < -0.3 is 10.4 Å². The maximum absolute atomic E-state index is 11.6. The molecule has 0 aromatic rings. The van der Waals surface area contributed by atoms with Crippen LogP contribution in [-0.2, 0) is 4.79 Å². The number of aliphatic hydroxyl groups excluding tert-OH is 1. The molecule has 0 aromatic heterocycles. The van der Waals surface area contributed by atoms with E-state index in [0.717, 1.165) is 12.8 Å². The zero-order chi connectivity index (χ0) is 11.1. The molecule has 2 N–H and O–H groups in total. The number of aliphatic hydroxyl groups is 1. The summed E-state index contributed by atoms with van der Waals surface area (Å²) >= 11 is 0. The van der Waals surface area contributed by atoms with Gasteiger partial charge in [-0.05, 0) is 19.9 Å². The first-order valence-electron chi connectivity index (χ1n) is 5.81. The largest absolute Gasteiger partial charge is 0.395 e. The van der Waals surface area contributed by atoms with Gasteiger partial charge in [-0.1, -0.05) is 19.3 Å². The van der Waals surface area contributed by atoms with Crippen LogP contribution in [0.3, 0.4) is 0 Å². The smallest absolute Gasteiger partial charge is 0.234 e. The zero-order valence-corrected chi connectivity index (χ0v) is 9.54. The average molecular weight is 214 g/mol. The van der Waals surface area contributed by atoms with Crippen LogP contribution >= 0.6 is 0 Å². The predicted molar refractivity (Wildman–Crippen MR) is 59.6 cm³/mol. The summed E-state index contributed by atoms with van der Waals surface area (Å²) in [5, 5.41) is 11.7. The fourth-order valence-corrected chi connectivity index (χ4v) is 2.02. The van der Waals surface area contributed by atoms with Gasteiger partial charge in [0.15, 0.2) is 0 Å². The third kappa shape index (κ3) is 5.14. The predicted octanol–water partition coefficient (Wildman–Crippen LogP) is 0.359. The molecule has 1 saturated carbocycles. The lowest BCUT2D eigenvalue weighted by atomic mass is 9.95. The number of hydrogen-bond acceptors (Lipinski definition) is 3. The lowest BCUT2D eigenvalue weighted by Gasteiger charge is -2.24. The Balaban J connectivity index is 2.16. The van der Waals surface area contributed by atoms with Crippen molar-refractivity contribution in [2.75, 3.05) is 26.7 Å². The number of nitrogens with one attached hydrogen (secondary N) is 1. The number of carbonyl (C=O) groups is 1. The standard InChI is InChI=1S/C11H22N2O2/c1-13(7-8-14)9-11(15)12-10-5-3-2-4-6-10/h10,14H,2-9H2,1H3,(H,12,15). The lowest BCUT2D eigenvalue weighted by Crippen LogP contribution is -2.42. The van der Waals surface area contributed by atoms with Gasteiger partial charge in [0.05, 0.1) is 13.2 Å². The monoisotopic (exact) mass is 214 g/mol. The first-order valence-corrected chi connectivity index (χ1v) is 5.81. The molecule has 0 aliphatic heterocycles. The van der Waals surface area contributed by atoms with Crippen LogP contribution in [0.15, 0.2) is 0 Å². The number of nitrogens with zero attached hydrogens (tertiary/aromatic N) is 1. The molecular weight excluding hydrogens is 192 g/mol. The molecule has 15 heavy (non-hydrogen) atoms. The maximum Gasteiger partial charge on any atom is 0.234 e. The normalized spacial score (nSPS) is 18.1. The van der Waals surface area contributed by atoms with E-state index in [0.29, 0.717) is 19.1 Å². The minimum Gasteiger partial charge on any atom is -0.395 e. The first kappa shape index (κ1) is 12.5. The van der Waals surface area contributed by atoms with Crippen molar-refractivity contribution >= 4 is 5.91 Å². The quantitative estimate of drug-likeness (QED) is 0.695. The summed E-state index contributed by atoms with van der Waals surface area (Å²) in [5.74, 6) is 0.0813. The fourth-order valence-electron chi connectivity index (χ4n) is 2.02. The van der Waals surface area contributed by atoms with Crippen molar-refractivity contribution in [3.63, 3.8) is 0 Å². The minimum absolute atomic E-state index is 0.0813. The summed E-state index contributed by atoms with van der Waals surface area (Å²) in [6, 6.07) is 0.383. The highest BCUT2D eigenvalue weighted by Crippen LogP contribution is 2.17. The second-order valence-electron chi connectivity index (χ2n) is 4.36. The highest BCUT2D eigenvalue weighted by molar-refractivity contribution is 5.78. The maximum atomic E-state index is 11.6. The van der Waals surface area contributed by atoms with E-state index in [1.807, 2.05) is 11.9 Å². The molecule has 1 aliphatic carbocycles. The summed E-state index contributed by atoms with van der Waals surface area (Å²) in [7, 11) is 1.84. The van der Waals surface area contributed by atoms with Gasteiger partial charge in [0.2, 0.25) is 5.91 Å². The van der Waals surface area contributed by atoms with E-state index in [-0.39, 0.29) is 12.5 Å². The second kappa shape index (κ2) is 6.80. The number of rotatable bonds is 5. The third-order valence-electron chi connectivity index (χ3n) is 2.87. The van der Waals surface area contributed by atoms with E-state index >= 15 is 0 Å². The van der Waals surface area contributed by atoms with E-state index in [9.17, 15) is 4.79 Å². The van der Waals surface area contributed by atoms with Crippen molar-refractivity contribution in [1.29, 1.82) is 0 Å². The lowest BCUT2D eigenvalue weighted by molar-refractivity contribution is -0.122. The van der Waals surface area contributed by atoms with Gasteiger partial charge in [-0.2, -0.15) is 0 Å². The summed E-state index contributed by atoms with van der Waals surface area (Å²) in [6.45, 7) is 1.04. The Hall–Kier alpha value is -0.610. The second-order valence-corrected chi connectivity index (χ2v) is 4.36. The van der Waals surface area contributed by atoms with Crippen LogP contribution in [0.2, 0.25) is 0 Å². The molecule has 4 heteroatoms.